The highest BCUT2D eigenvalue weighted by atomic mass is 35.5. The highest BCUT2D eigenvalue weighted by Crippen LogP contribution is 2.29. The van der Waals surface area contributed by atoms with Crippen LogP contribution in [-0.2, 0) is 4.79 Å². The first-order valence-electron chi connectivity index (χ1n) is 4.04. The summed E-state index contributed by atoms with van der Waals surface area (Å²) in [6.07, 6.45) is -0.566. The largest absolute Gasteiger partial charge is 0.392 e. The second-order valence-electron chi connectivity index (χ2n) is 3.29. The van der Waals surface area contributed by atoms with Gasteiger partial charge >= 0.3 is 0 Å². The summed E-state index contributed by atoms with van der Waals surface area (Å²) < 4.78 is 0. The van der Waals surface area contributed by atoms with Gasteiger partial charge in [-0.05, 0) is 19.8 Å². The third-order valence-corrected chi connectivity index (χ3v) is 2.84. The Kier molecular flexibility index (Phi) is 3.09. The lowest BCUT2D eigenvalue weighted by molar-refractivity contribution is -0.132. The minimum absolute atomic E-state index is 0.194. The van der Waals surface area contributed by atoms with Crippen LogP contribution >= 0.6 is 11.6 Å². The van der Waals surface area contributed by atoms with Crippen molar-refractivity contribution in [3.05, 3.63) is 0 Å². The van der Waals surface area contributed by atoms with Gasteiger partial charge in [0, 0.05) is 0 Å². The van der Waals surface area contributed by atoms with Gasteiger partial charge < -0.3 is 10.2 Å². The number of halogens is 1. The van der Waals surface area contributed by atoms with E-state index < -0.39 is 23.5 Å². The summed E-state index contributed by atoms with van der Waals surface area (Å²) in [4.78, 5) is 11.0. The van der Waals surface area contributed by atoms with Crippen LogP contribution in [0.2, 0.25) is 0 Å². The van der Waals surface area contributed by atoms with Crippen molar-refractivity contribution in [3.8, 4) is 0 Å². The third kappa shape index (κ3) is 1.79. The molecule has 1 aliphatic rings. The Balaban J connectivity index is 2.71. The molecule has 12 heavy (non-hydrogen) atoms. The lowest BCUT2D eigenvalue weighted by atomic mass is 9.81. The van der Waals surface area contributed by atoms with Crippen LogP contribution in [0.1, 0.15) is 19.8 Å². The summed E-state index contributed by atoms with van der Waals surface area (Å²) in [6.45, 7) is 1.37. The molecule has 1 fully saturated rings. The number of aliphatic hydroxyl groups is 2. The van der Waals surface area contributed by atoms with Crippen LogP contribution in [0.15, 0.2) is 0 Å². The van der Waals surface area contributed by atoms with Crippen LogP contribution in [0.5, 0.6) is 0 Å². The van der Waals surface area contributed by atoms with Gasteiger partial charge in [0.25, 0.3) is 0 Å². The van der Waals surface area contributed by atoms with E-state index >= 15 is 0 Å². The third-order valence-electron chi connectivity index (χ3n) is 2.36. The summed E-state index contributed by atoms with van der Waals surface area (Å²) >= 11 is 5.76. The molecule has 1 rings (SSSR count). The molecule has 4 atom stereocenters. The monoisotopic (exact) mass is 192 g/mol. The number of hydrogen-bond acceptors (Lipinski definition) is 3. The number of Topliss-reactive ketones (excluding diaryl/α,β-unsaturated/α-hetero) is 1. The van der Waals surface area contributed by atoms with Gasteiger partial charge in [-0.1, -0.05) is 0 Å². The molecule has 0 aliphatic heterocycles. The number of alkyl halides is 1. The van der Waals surface area contributed by atoms with Gasteiger partial charge in [-0.2, -0.15) is 0 Å². The standard InChI is InChI=1S/C8H13ClO3/c1-4(10)7-6(11)3-2-5(9)8(7)12/h5-8,11-12H,2-3H2,1H3. The first-order chi connectivity index (χ1) is 5.54. The Morgan fingerprint density at radius 2 is 2.00 bits per heavy atom. The molecule has 0 amide bonds. The zero-order valence-electron chi connectivity index (χ0n) is 6.90. The molecule has 4 heteroatoms. The molecular weight excluding hydrogens is 180 g/mol. The average Bonchev–Trinajstić information content (AvgIpc) is 1.97. The summed E-state index contributed by atoms with van der Waals surface area (Å²) in [5.41, 5.74) is 0. The molecule has 1 aliphatic carbocycles. The van der Waals surface area contributed by atoms with Crippen LogP contribution in [0, 0.1) is 5.92 Å². The number of rotatable bonds is 1. The van der Waals surface area contributed by atoms with Crippen molar-refractivity contribution in [1.29, 1.82) is 0 Å². The predicted octanol–water partition coefficient (Wildman–Crippen LogP) is 0.315. The predicted molar refractivity (Wildman–Crippen MR) is 45.1 cm³/mol. The maximum Gasteiger partial charge on any atom is 0.138 e. The SMILES string of the molecule is CC(=O)C1C(O)CCC(Cl)C1O. The van der Waals surface area contributed by atoms with Crippen LogP contribution < -0.4 is 0 Å². The Labute approximate surface area is 76.3 Å². The van der Waals surface area contributed by atoms with E-state index in [9.17, 15) is 15.0 Å². The van der Waals surface area contributed by atoms with Gasteiger partial charge in [0.2, 0.25) is 0 Å². The number of carbonyl (C=O) groups is 1. The second-order valence-corrected chi connectivity index (χ2v) is 3.85. The molecule has 3 nitrogen and oxygen atoms in total. The fraction of sp³-hybridized carbons (Fsp3) is 0.875. The minimum atomic E-state index is -0.895. The van der Waals surface area contributed by atoms with Crippen molar-refractivity contribution in [2.24, 2.45) is 5.92 Å². The zero-order valence-corrected chi connectivity index (χ0v) is 7.66. The van der Waals surface area contributed by atoms with Crippen LogP contribution in [0.25, 0.3) is 0 Å². The van der Waals surface area contributed by atoms with E-state index in [-0.39, 0.29) is 5.78 Å². The molecule has 4 unspecified atom stereocenters. The fourth-order valence-corrected chi connectivity index (χ4v) is 1.93. The summed E-state index contributed by atoms with van der Waals surface area (Å²) in [5, 5.41) is 18.5. The van der Waals surface area contributed by atoms with E-state index in [1.807, 2.05) is 0 Å². The quantitative estimate of drug-likeness (QED) is 0.589. The molecule has 0 aromatic heterocycles. The molecule has 0 aromatic carbocycles. The summed E-state index contributed by atoms with van der Waals surface area (Å²) in [7, 11) is 0. The minimum Gasteiger partial charge on any atom is -0.392 e. The molecule has 0 saturated heterocycles. The van der Waals surface area contributed by atoms with Gasteiger partial charge in [0.05, 0.1) is 23.5 Å². The Morgan fingerprint density at radius 1 is 1.42 bits per heavy atom. The molecule has 1 saturated carbocycles. The number of aliphatic hydroxyl groups excluding tert-OH is 2. The first-order valence-corrected chi connectivity index (χ1v) is 4.48. The molecule has 0 spiro atoms. The first kappa shape index (κ1) is 9.96. The van der Waals surface area contributed by atoms with E-state index in [4.69, 9.17) is 11.6 Å². The summed E-state index contributed by atoms with van der Waals surface area (Å²) in [6, 6.07) is 0. The summed E-state index contributed by atoms with van der Waals surface area (Å²) in [5.74, 6) is -0.887. The van der Waals surface area contributed by atoms with Crippen LogP contribution in [0.3, 0.4) is 0 Å². The second kappa shape index (κ2) is 3.73. The van der Waals surface area contributed by atoms with Gasteiger partial charge in [-0.25, -0.2) is 0 Å². The molecular formula is C8H13ClO3. The van der Waals surface area contributed by atoms with E-state index in [1.165, 1.54) is 6.92 Å². The number of hydrogen-bond donors (Lipinski definition) is 2. The van der Waals surface area contributed by atoms with Crippen LogP contribution in [-0.4, -0.2) is 33.6 Å². The molecule has 0 heterocycles. The van der Waals surface area contributed by atoms with E-state index in [0.717, 1.165) is 0 Å². The van der Waals surface area contributed by atoms with Crippen molar-refractivity contribution >= 4 is 17.4 Å². The smallest absolute Gasteiger partial charge is 0.138 e. The maximum atomic E-state index is 11.0. The highest BCUT2D eigenvalue weighted by molar-refractivity contribution is 6.21. The van der Waals surface area contributed by atoms with Crippen molar-refractivity contribution in [2.45, 2.75) is 37.4 Å². The lowest BCUT2D eigenvalue weighted by Gasteiger charge is -2.33. The molecule has 0 aromatic rings. The van der Waals surface area contributed by atoms with Crippen molar-refractivity contribution in [2.75, 3.05) is 0 Å². The van der Waals surface area contributed by atoms with E-state index in [2.05, 4.69) is 0 Å². The lowest BCUT2D eigenvalue weighted by Crippen LogP contribution is -2.46. The fourth-order valence-electron chi connectivity index (χ4n) is 1.64. The number of carbonyl (C=O) groups excluding carboxylic acids is 1. The maximum absolute atomic E-state index is 11.0. The van der Waals surface area contributed by atoms with Gasteiger partial charge in [0.15, 0.2) is 0 Å². The van der Waals surface area contributed by atoms with E-state index in [1.54, 1.807) is 0 Å². The van der Waals surface area contributed by atoms with Gasteiger partial charge in [-0.15, -0.1) is 11.6 Å². The number of ketones is 1. The van der Waals surface area contributed by atoms with Gasteiger partial charge in [0.1, 0.15) is 5.78 Å². The van der Waals surface area contributed by atoms with Gasteiger partial charge in [-0.3, -0.25) is 4.79 Å². The molecule has 0 radical (unpaired) electrons. The average molecular weight is 193 g/mol. The molecule has 2 N–H and O–H groups in total. The topological polar surface area (TPSA) is 57.5 Å². The Bertz CT molecular complexity index is 183. The molecule has 70 valence electrons. The Hall–Kier alpha value is -0.120. The van der Waals surface area contributed by atoms with Crippen molar-refractivity contribution in [3.63, 3.8) is 0 Å². The zero-order chi connectivity index (χ0) is 9.30. The van der Waals surface area contributed by atoms with E-state index in [0.29, 0.717) is 12.8 Å². The highest BCUT2D eigenvalue weighted by Gasteiger charge is 2.39. The molecule has 0 bridgehead atoms. The Morgan fingerprint density at radius 3 is 2.42 bits per heavy atom. The van der Waals surface area contributed by atoms with Crippen molar-refractivity contribution < 1.29 is 15.0 Å². The van der Waals surface area contributed by atoms with Crippen molar-refractivity contribution in [1.82, 2.24) is 0 Å². The van der Waals surface area contributed by atoms with Crippen LogP contribution in [0.4, 0.5) is 0 Å². The normalized spacial score (nSPS) is 42.7.